The van der Waals surface area contributed by atoms with Crippen molar-refractivity contribution in [2.24, 2.45) is 5.10 Å². The summed E-state index contributed by atoms with van der Waals surface area (Å²) in [7, 11) is 1.46. The minimum atomic E-state index is -0.937. The first-order chi connectivity index (χ1) is 13.0. The van der Waals surface area contributed by atoms with Gasteiger partial charge in [0.25, 0.3) is 0 Å². The Morgan fingerprint density at radius 1 is 1.19 bits per heavy atom. The van der Waals surface area contributed by atoms with Gasteiger partial charge in [0.1, 0.15) is 18.1 Å². The minimum absolute atomic E-state index is 0.302. The molecular weight excluding hydrogens is 370 g/mol. The van der Waals surface area contributed by atoms with E-state index >= 15 is 0 Å². The number of benzene rings is 2. The molecule has 7 nitrogen and oxygen atoms in total. The Hall–Kier alpha value is -3.32. The van der Waals surface area contributed by atoms with E-state index in [1.807, 2.05) is 0 Å². The van der Waals surface area contributed by atoms with Crippen LogP contribution >= 0.6 is 11.6 Å². The summed E-state index contributed by atoms with van der Waals surface area (Å²) in [6, 6.07) is 11.7. The fourth-order valence-electron chi connectivity index (χ4n) is 2.04. The lowest BCUT2D eigenvalue weighted by atomic mass is 10.2. The second-order valence-electron chi connectivity index (χ2n) is 5.14. The summed E-state index contributed by atoms with van der Waals surface area (Å²) in [5, 5.41) is 6.70. The third kappa shape index (κ3) is 5.86. The molecule has 140 valence electrons. The van der Waals surface area contributed by atoms with Gasteiger partial charge in [0.05, 0.1) is 19.0 Å². The van der Waals surface area contributed by atoms with Gasteiger partial charge in [0, 0.05) is 10.6 Å². The first-order valence-corrected chi connectivity index (χ1v) is 8.23. The predicted molar refractivity (Wildman–Crippen MR) is 105 cm³/mol. The zero-order valence-electron chi connectivity index (χ0n) is 14.6. The van der Waals surface area contributed by atoms with Crippen LogP contribution in [0.4, 0.5) is 5.69 Å². The van der Waals surface area contributed by atoms with Crippen molar-refractivity contribution in [3.05, 3.63) is 65.7 Å². The number of anilines is 1. The number of hydrazone groups is 1. The van der Waals surface area contributed by atoms with E-state index in [2.05, 4.69) is 22.4 Å². The van der Waals surface area contributed by atoms with E-state index in [0.717, 1.165) is 0 Å². The van der Waals surface area contributed by atoms with Crippen LogP contribution in [-0.2, 0) is 9.59 Å². The molecule has 0 fully saturated rings. The molecule has 0 atom stereocenters. The fraction of sp³-hybridized carbons (Fsp3) is 0.105. The van der Waals surface area contributed by atoms with E-state index in [-0.39, 0.29) is 0 Å². The van der Waals surface area contributed by atoms with Crippen LogP contribution in [-0.4, -0.2) is 31.7 Å². The number of methoxy groups -OCH3 is 1. The van der Waals surface area contributed by atoms with Crippen molar-refractivity contribution in [3.8, 4) is 11.5 Å². The molecule has 0 aliphatic heterocycles. The first-order valence-electron chi connectivity index (χ1n) is 7.85. The number of ether oxygens (including phenoxy) is 2. The molecule has 0 bridgehead atoms. The lowest BCUT2D eigenvalue weighted by molar-refractivity contribution is -0.136. The molecule has 2 aromatic carbocycles. The molecule has 0 aliphatic rings. The predicted octanol–water partition coefficient (Wildman–Crippen LogP) is 3.00. The number of carbonyl (C=O) groups excluding carboxylic acids is 2. The fourth-order valence-corrected chi connectivity index (χ4v) is 2.22. The number of hydrogen-bond acceptors (Lipinski definition) is 5. The summed E-state index contributed by atoms with van der Waals surface area (Å²) in [5.74, 6) is -0.875. The highest BCUT2D eigenvalue weighted by atomic mass is 35.5. The summed E-state index contributed by atoms with van der Waals surface area (Å²) in [6.07, 6.45) is 2.93. The molecule has 0 radical (unpaired) electrons. The molecule has 2 aromatic rings. The van der Waals surface area contributed by atoms with Gasteiger partial charge in [-0.1, -0.05) is 36.4 Å². The summed E-state index contributed by atoms with van der Waals surface area (Å²) < 4.78 is 10.6. The van der Waals surface area contributed by atoms with Gasteiger partial charge in [0.15, 0.2) is 0 Å². The smallest absolute Gasteiger partial charge is 0.329 e. The van der Waals surface area contributed by atoms with Crippen molar-refractivity contribution in [1.29, 1.82) is 0 Å². The Bertz CT molecular complexity index is 868. The summed E-state index contributed by atoms with van der Waals surface area (Å²) in [5.41, 5.74) is 3.06. The van der Waals surface area contributed by atoms with E-state index in [4.69, 9.17) is 21.1 Å². The number of halogens is 1. The lowest BCUT2D eigenvalue weighted by Crippen LogP contribution is -2.32. The molecule has 0 heterocycles. The van der Waals surface area contributed by atoms with Gasteiger partial charge < -0.3 is 14.8 Å². The molecular formula is C19H18ClN3O4. The van der Waals surface area contributed by atoms with E-state index < -0.39 is 11.8 Å². The van der Waals surface area contributed by atoms with Gasteiger partial charge in [-0.25, -0.2) is 5.43 Å². The van der Waals surface area contributed by atoms with Gasteiger partial charge >= 0.3 is 11.8 Å². The van der Waals surface area contributed by atoms with E-state index in [0.29, 0.717) is 34.4 Å². The molecule has 0 aromatic heterocycles. The third-order valence-corrected chi connectivity index (χ3v) is 3.49. The van der Waals surface area contributed by atoms with Crippen molar-refractivity contribution in [1.82, 2.24) is 5.43 Å². The molecule has 2 rings (SSSR count). The van der Waals surface area contributed by atoms with Crippen molar-refractivity contribution in [2.75, 3.05) is 19.0 Å². The molecule has 8 heteroatoms. The number of carbonyl (C=O) groups is 2. The molecule has 0 aliphatic carbocycles. The maximum absolute atomic E-state index is 12.0. The Morgan fingerprint density at radius 2 is 1.96 bits per heavy atom. The van der Waals surface area contributed by atoms with Crippen LogP contribution in [0.5, 0.6) is 11.5 Å². The summed E-state index contributed by atoms with van der Waals surface area (Å²) in [6.45, 7) is 3.88. The van der Waals surface area contributed by atoms with Crippen LogP contribution in [0, 0.1) is 0 Å². The van der Waals surface area contributed by atoms with Gasteiger partial charge in [-0.2, -0.15) is 5.10 Å². The number of hydrogen-bond donors (Lipinski definition) is 2. The van der Waals surface area contributed by atoms with Crippen molar-refractivity contribution in [2.45, 2.75) is 0 Å². The van der Waals surface area contributed by atoms with Crippen LogP contribution in [0.2, 0.25) is 5.02 Å². The van der Waals surface area contributed by atoms with Gasteiger partial charge in [-0.15, -0.1) is 0 Å². The van der Waals surface area contributed by atoms with Crippen LogP contribution in [0.1, 0.15) is 5.56 Å². The number of nitrogens with zero attached hydrogens (tertiary/aromatic N) is 1. The van der Waals surface area contributed by atoms with Crippen LogP contribution in [0.25, 0.3) is 0 Å². The molecule has 0 unspecified atom stereocenters. The van der Waals surface area contributed by atoms with Crippen LogP contribution in [0.15, 0.2) is 60.2 Å². The highest BCUT2D eigenvalue weighted by Gasteiger charge is 2.15. The molecule has 0 saturated carbocycles. The average molecular weight is 388 g/mol. The van der Waals surface area contributed by atoms with Crippen molar-refractivity contribution < 1.29 is 19.1 Å². The first kappa shape index (κ1) is 20.0. The lowest BCUT2D eigenvalue weighted by Gasteiger charge is -2.09. The molecule has 0 spiro atoms. The average Bonchev–Trinajstić information content (AvgIpc) is 2.67. The molecule has 0 saturated heterocycles. The summed E-state index contributed by atoms with van der Waals surface area (Å²) >= 11 is 5.96. The number of para-hydroxylation sites is 2. The SMILES string of the molecule is C=CCOc1ccc(Cl)cc1/C=N\NC(=O)C(=O)Nc1ccccc1OC. The highest BCUT2D eigenvalue weighted by molar-refractivity contribution is 6.39. The van der Waals surface area contributed by atoms with E-state index in [1.54, 1.807) is 48.5 Å². The van der Waals surface area contributed by atoms with Crippen molar-refractivity contribution >= 4 is 35.3 Å². The Labute approximate surface area is 161 Å². The zero-order chi connectivity index (χ0) is 19.6. The largest absolute Gasteiger partial charge is 0.495 e. The van der Waals surface area contributed by atoms with Gasteiger partial charge in [-0.05, 0) is 30.3 Å². The molecule has 27 heavy (non-hydrogen) atoms. The van der Waals surface area contributed by atoms with Crippen LogP contribution in [0.3, 0.4) is 0 Å². The number of rotatable bonds is 7. The number of amides is 2. The Kier molecular flexibility index (Phi) is 7.39. The second-order valence-corrected chi connectivity index (χ2v) is 5.57. The summed E-state index contributed by atoms with van der Waals surface area (Å²) in [4.78, 5) is 23.9. The van der Waals surface area contributed by atoms with Crippen molar-refractivity contribution in [3.63, 3.8) is 0 Å². The second kappa shape index (κ2) is 9.98. The Balaban J connectivity index is 2.01. The van der Waals surface area contributed by atoms with Gasteiger partial charge in [-0.3, -0.25) is 9.59 Å². The van der Waals surface area contributed by atoms with E-state index in [9.17, 15) is 9.59 Å². The van der Waals surface area contributed by atoms with Crippen LogP contribution < -0.4 is 20.2 Å². The highest BCUT2D eigenvalue weighted by Crippen LogP contribution is 2.23. The van der Waals surface area contributed by atoms with E-state index in [1.165, 1.54) is 13.3 Å². The minimum Gasteiger partial charge on any atom is -0.495 e. The maximum atomic E-state index is 12.0. The zero-order valence-corrected chi connectivity index (χ0v) is 15.3. The standard InChI is InChI=1S/C19H18ClN3O4/c1-3-10-27-16-9-8-14(20)11-13(16)12-21-23-19(25)18(24)22-15-6-4-5-7-17(15)26-2/h3-9,11-12H,1,10H2,2H3,(H,22,24)(H,23,25)/b21-12-. The molecule has 2 N–H and O–H groups in total. The quantitative estimate of drug-likeness (QED) is 0.331. The molecule has 2 amide bonds. The normalized spacial score (nSPS) is 10.3. The van der Waals surface area contributed by atoms with Gasteiger partial charge in [0.2, 0.25) is 0 Å². The number of nitrogens with one attached hydrogen (secondary N) is 2. The maximum Gasteiger partial charge on any atom is 0.329 e. The monoisotopic (exact) mass is 387 g/mol. The third-order valence-electron chi connectivity index (χ3n) is 3.26. The Morgan fingerprint density at radius 3 is 2.70 bits per heavy atom. The topological polar surface area (TPSA) is 89.0 Å².